The van der Waals surface area contributed by atoms with Gasteiger partial charge in [0.25, 0.3) is 5.56 Å². The van der Waals surface area contributed by atoms with Gasteiger partial charge in [0.15, 0.2) is 11.2 Å². The molecule has 4 aromatic rings. The van der Waals surface area contributed by atoms with Crippen LogP contribution in [0.25, 0.3) is 16.9 Å². The summed E-state index contributed by atoms with van der Waals surface area (Å²) in [6.45, 7) is 4.54. The van der Waals surface area contributed by atoms with Gasteiger partial charge in [-0.15, -0.1) is 0 Å². The molecule has 0 saturated heterocycles. The second kappa shape index (κ2) is 5.62. The molecule has 1 aromatic carbocycles. The third kappa shape index (κ3) is 2.18. The van der Waals surface area contributed by atoms with Crippen LogP contribution in [0.15, 0.2) is 33.9 Å². The molecule has 0 atom stereocenters. The summed E-state index contributed by atoms with van der Waals surface area (Å²) in [5.41, 5.74) is 2.87. The quantitative estimate of drug-likeness (QED) is 0.602. The molecule has 0 aliphatic rings. The summed E-state index contributed by atoms with van der Waals surface area (Å²) >= 11 is 0. The van der Waals surface area contributed by atoms with Crippen LogP contribution in [-0.2, 0) is 13.6 Å². The van der Waals surface area contributed by atoms with Crippen molar-refractivity contribution in [2.75, 3.05) is 7.11 Å². The van der Waals surface area contributed by atoms with Crippen LogP contribution in [0, 0.1) is 13.8 Å². The van der Waals surface area contributed by atoms with Crippen molar-refractivity contribution in [2.45, 2.75) is 20.4 Å². The third-order valence-electron chi connectivity index (χ3n) is 4.90. The number of nitrogens with zero attached hydrogens (tertiary/aromatic N) is 4. The van der Waals surface area contributed by atoms with Crippen LogP contribution < -0.4 is 16.0 Å². The molecule has 4 rings (SSSR count). The maximum atomic E-state index is 12.4. The van der Waals surface area contributed by atoms with Gasteiger partial charge in [-0.2, -0.15) is 4.98 Å². The average molecular weight is 353 g/mol. The third-order valence-corrected chi connectivity index (χ3v) is 4.90. The lowest BCUT2D eigenvalue weighted by Crippen LogP contribution is -2.28. The monoisotopic (exact) mass is 353 g/mol. The van der Waals surface area contributed by atoms with E-state index in [1.54, 1.807) is 14.2 Å². The van der Waals surface area contributed by atoms with E-state index in [0.29, 0.717) is 23.5 Å². The van der Waals surface area contributed by atoms with E-state index in [1.165, 1.54) is 4.57 Å². The van der Waals surface area contributed by atoms with Gasteiger partial charge in [-0.1, -0.05) is 12.1 Å². The molecule has 0 aliphatic carbocycles. The molecule has 3 heterocycles. The summed E-state index contributed by atoms with van der Waals surface area (Å²) in [6.07, 6.45) is 0. The van der Waals surface area contributed by atoms with E-state index in [9.17, 15) is 9.59 Å². The number of fused-ring (bicyclic) bond motifs is 3. The summed E-state index contributed by atoms with van der Waals surface area (Å²) in [5.74, 6) is 1.44. The van der Waals surface area contributed by atoms with Gasteiger partial charge in [0.05, 0.1) is 13.7 Å². The highest BCUT2D eigenvalue weighted by Crippen LogP contribution is 2.22. The van der Waals surface area contributed by atoms with E-state index in [-0.39, 0.29) is 0 Å². The molecule has 0 amide bonds. The number of aromatic nitrogens is 5. The van der Waals surface area contributed by atoms with Gasteiger partial charge in [-0.3, -0.25) is 18.7 Å². The second-order valence-corrected chi connectivity index (χ2v) is 6.34. The first-order valence-corrected chi connectivity index (χ1v) is 8.22. The van der Waals surface area contributed by atoms with Crippen LogP contribution in [0.5, 0.6) is 5.75 Å². The van der Waals surface area contributed by atoms with Crippen LogP contribution >= 0.6 is 0 Å². The smallest absolute Gasteiger partial charge is 0.329 e. The minimum Gasteiger partial charge on any atom is -0.497 e. The Morgan fingerprint density at radius 3 is 2.46 bits per heavy atom. The van der Waals surface area contributed by atoms with E-state index in [2.05, 4.69) is 9.97 Å². The highest BCUT2D eigenvalue weighted by molar-refractivity contribution is 5.76. The first kappa shape index (κ1) is 16.2. The zero-order valence-corrected chi connectivity index (χ0v) is 15.0. The predicted octanol–water partition coefficient (Wildman–Crippen LogP) is 1.35. The fourth-order valence-electron chi connectivity index (χ4n) is 3.28. The number of ether oxygens (including phenoxy) is 1. The van der Waals surface area contributed by atoms with Crippen molar-refractivity contribution >= 4 is 16.9 Å². The molecule has 0 bridgehead atoms. The fourth-order valence-corrected chi connectivity index (χ4v) is 3.28. The first-order chi connectivity index (χ1) is 12.4. The van der Waals surface area contributed by atoms with Gasteiger partial charge in [0.2, 0.25) is 5.78 Å². The molecule has 0 unspecified atom stereocenters. The number of methoxy groups -OCH3 is 1. The highest BCUT2D eigenvalue weighted by atomic mass is 16.5. The minimum absolute atomic E-state index is 0.375. The summed E-state index contributed by atoms with van der Waals surface area (Å²) in [7, 11) is 3.24. The Morgan fingerprint density at radius 1 is 1.12 bits per heavy atom. The topological polar surface area (TPSA) is 86.3 Å². The van der Waals surface area contributed by atoms with Gasteiger partial charge in [0, 0.05) is 18.4 Å². The molecule has 0 saturated carbocycles. The number of hydrogen-bond donors (Lipinski definition) is 1. The molecule has 0 radical (unpaired) electrons. The highest BCUT2D eigenvalue weighted by Gasteiger charge is 2.20. The zero-order valence-electron chi connectivity index (χ0n) is 15.0. The SMILES string of the molecule is COc1ccc(Cn2c(C)c(C)n3c4c(=O)[nH]c(=O)n(C)c4nc23)cc1. The number of rotatable bonds is 3. The lowest BCUT2D eigenvalue weighted by Gasteiger charge is -2.07. The summed E-state index contributed by atoms with van der Waals surface area (Å²) in [5, 5.41) is 0. The number of aryl methyl sites for hydroxylation is 2. The van der Waals surface area contributed by atoms with Crippen molar-refractivity contribution in [3.05, 3.63) is 62.1 Å². The number of aromatic amines is 1. The van der Waals surface area contributed by atoms with Crippen molar-refractivity contribution in [2.24, 2.45) is 7.05 Å². The lowest BCUT2D eigenvalue weighted by atomic mass is 10.2. The van der Waals surface area contributed by atoms with Crippen LogP contribution in [0.1, 0.15) is 17.0 Å². The Bertz CT molecular complexity index is 1250. The molecule has 26 heavy (non-hydrogen) atoms. The van der Waals surface area contributed by atoms with Crippen molar-refractivity contribution in [3.8, 4) is 5.75 Å². The molecule has 8 nitrogen and oxygen atoms in total. The van der Waals surface area contributed by atoms with Gasteiger partial charge in [0.1, 0.15) is 5.75 Å². The van der Waals surface area contributed by atoms with E-state index in [0.717, 1.165) is 22.7 Å². The Labute approximate surface area is 148 Å². The largest absolute Gasteiger partial charge is 0.497 e. The van der Waals surface area contributed by atoms with Crippen molar-refractivity contribution in [1.82, 2.24) is 23.5 Å². The molecule has 3 aromatic heterocycles. The van der Waals surface area contributed by atoms with E-state index < -0.39 is 11.2 Å². The normalized spacial score (nSPS) is 11.5. The van der Waals surface area contributed by atoms with Crippen molar-refractivity contribution in [3.63, 3.8) is 0 Å². The van der Waals surface area contributed by atoms with Gasteiger partial charge in [-0.05, 0) is 31.5 Å². The first-order valence-electron chi connectivity index (χ1n) is 8.22. The van der Waals surface area contributed by atoms with Crippen molar-refractivity contribution in [1.29, 1.82) is 0 Å². The predicted molar refractivity (Wildman–Crippen MR) is 98.1 cm³/mol. The van der Waals surface area contributed by atoms with Gasteiger partial charge >= 0.3 is 5.69 Å². The Kier molecular flexibility index (Phi) is 3.50. The van der Waals surface area contributed by atoms with E-state index in [4.69, 9.17) is 4.74 Å². The fraction of sp³-hybridized carbons (Fsp3) is 0.278. The number of H-pyrrole nitrogens is 1. The summed E-state index contributed by atoms with van der Waals surface area (Å²) in [6, 6.07) is 7.81. The van der Waals surface area contributed by atoms with Crippen LogP contribution in [0.3, 0.4) is 0 Å². The number of nitrogens with one attached hydrogen (secondary N) is 1. The molecular formula is C18H19N5O3. The van der Waals surface area contributed by atoms with Crippen molar-refractivity contribution < 1.29 is 4.74 Å². The molecule has 0 fully saturated rings. The van der Waals surface area contributed by atoms with E-state index >= 15 is 0 Å². The Morgan fingerprint density at radius 2 is 1.81 bits per heavy atom. The molecule has 1 N–H and O–H groups in total. The Hall–Kier alpha value is -3.29. The standard InChI is InChI=1S/C18H19N5O3/c1-10-11(2)23-14-15(21(3)18(25)20-16(14)24)19-17(23)22(10)9-12-5-7-13(26-4)8-6-12/h5-8H,9H2,1-4H3,(H,20,24,25). The summed E-state index contributed by atoms with van der Waals surface area (Å²) < 4.78 is 10.4. The van der Waals surface area contributed by atoms with Crippen LogP contribution in [0.2, 0.25) is 0 Å². The maximum Gasteiger partial charge on any atom is 0.329 e. The summed E-state index contributed by atoms with van der Waals surface area (Å²) in [4.78, 5) is 31.2. The number of imidazole rings is 2. The molecule has 0 aliphatic heterocycles. The average Bonchev–Trinajstić information content (AvgIpc) is 3.13. The lowest BCUT2D eigenvalue weighted by molar-refractivity contribution is 0.414. The van der Waals surface area contributed by atoms with Gasteiger partial charge in [-0.25, -0.2) is 4.79 Å². The van der Waals surface area contributed by atoms with Crippen LogP contribution in [-0.4, -0.2) is 30.6 Å². The molecule has 0 spiro atoms. The number of benzene rings is 1. The molecule has 8 heteroatoms. The Balaban J connectivity index is 1.97. The zero-order chi connectivity index (χ0) is 18.6. The van der Waals surface area contributed by atoms with Crippen LogP contribution in [0.4, 0.5) is 0 Å². The number of hydrogen-bond acceptors (Lipinski definition) is 4. The maximum absolute atomic E-state index is 12.4. The second-order valence-electron chi connectivity index (χ2n) is 6.34. The minimum atomic E-state index is -0.473. The van der Waals surface area contributed by atoms with E-state index in [1.807, 2.05) is 47.1 Å². The molecule has 134 valence electrons. The molecular weight excluding hydrogens is 334 g/mol. The van der Waals surface area contributed by atoms with Gasteiger partial charge < -0.3 is 9.30 Å².